The smallest absolute Gasteiger partial charge is 0.316 e. The number of esters is 1. The Hall–Kier alpha value is -2.33. The van der Waals surface area contributed by atoms with E-state index in [0.29, 0.717) is 21.0 Å². The van der Waals surface area contributed by atoms with Gasteiger partial charge in [-0.2, -0.15) is 0 Å². The number of ether oxygens (including phenoxy) is 3. The Morgan fingerprint density at radius 1 is 1.16 bits per heavy atom. The van der Waals surface area contributed by atoms with E-state index in [2.05, 4.69) is 20.3 Å². The standard InChI is InChI=1S/C15H17N3O5S2/c1-21-10-5-4-9(6-11(10)22-2)7-12(19)16-14-17-18-15(25-14)24-8-13(20)23-3/h4-6H,7-8H2,1-3H3,(H,16,17,19). The van der Waals surface area contributed by atoms with Gasteiger partial charge in [0.1, 0.15) is 0 Å². The van der Waals surface area contributed by atoms with Crippen molar-refractivity contribution in [2.24, 2.45) is 0 Å². The van der Waals surface area contributed by atoms with Crippen LogP contribution in [0.4, 0.5) is 5.13 Å². The summed E-state index contributed by atoms with van der Waals surface area (Å²) in [7, 11) is 4.41. The van der Waals surface area contributed by atoms with E-state index in [0.717, 1.165) is 5.56 Å². The van der Waals surface area contributed by atoms with E-state index in [1.165, 1.54) is 37.3 Å². The highest BCUT2D eigenvalue weighted by Crippen LogP contribution is 2.28. The summed E-state index contributed by atoms with van der Waals surface area (Å²) in [5.41, 5.74) is 0.778. The first-order chi connectivity index (χ1) is 12.0. The number of nitrogens with zero attached hydrogens (tertiary/aromatic N) is 2. The van der Waals surface area contributed by atoms with Crippen LogP contribution in [0.15, 0.2) is 22.5 Å². The Morgan fingerprint density at radius 2 is 1.92 bits per heavy atom. The van der Waals surface area contributed by atoms with Gasteiger partial charge in [-0.25, -0.2) is 0 Å². The maximum atomic E-state index is 12.1. The van der Waals surface area contributed by atoms with Gasteiger partial charge < -0.3 is 19.5 Å². The van der Waals surface area contributed by atoms with Crippen LogP contribution in [0.25, 0.3) is 0 Å². The molecule has 2 aromatic rings. The first-order valence-electron chi connectivity index (χ1n) is 7.09. The first-order valence-corrected chi connectivity index (χ1v) is 8.89. The van der Waals surface area contributed by atoms with E-state index in [-0.39, 0.29) is 24.1 Å². The molecule has 1 aromatic heterocycles. The van der Waals surface area contributed by atoms with Crippen molar-refractivity contribution in [1.29, 1.82) is 0 Å². The number of hydrogen-bond acceptors (Lipinski definition) is 9. The van der Waals surface area contributed by atoms with Gasteiger partial charge in [0.25, 0.3) is 0 Å². The van der Waals surface area contributed by atoms with Gasteiger partial charge in [0.2, 0.25) is 11.0 Å². The molecule has 0 atom stereocenters. The summed E-state index contributed by atoms with van der Waals surface area (Å²) in [4.78, 5) is 23.2. The second kappa shape index (κ2) is 9.23. The number of nitrogens with one attached hydrogen (secondary N) is 1. The summed E-state index contributed by atoms with van der Waals surface area (Å²) >= 11 is 2.40. The number of carbonyl (C=O) groups excluding carboxylic acids is 2. The number of methoxy groups -OCH3 is 3. The Morgan fingerprint density at radius 3 is 2.60 bits per heavy atom. The maximum Gasteiger partial charge on any atom is 0.316 e. The van der Waals surface area contributed by atoms with E-state index in [4.69, 9.17) is 9.47 Å². The fraction of sp³-hybridized carbons (Fsp3) is 0.333. The van der Waals surface area contributed by atoms with Gasteiger partial charge in [-0.15, -0.1) is 10.2 Å². The van der Waals surface area contributed by atoms with Crippen LogP contribution < -0.4 is 14.8 Å². The number of rotatable bonds is 8. The molecule has 1 heterocycles. The summed E-state index contributed by atoms with van der Waals surface area (Å²) in [6.07, 6.45) is 0.157. The van der Waals surface area contributed by atoms with Crippen molar-refractivity contribution in [1.82, 2.24) is 10.2 Å². The number of carbonyl (C=O) groups is 2. The molecule has 0 aliphatic rings. The molecular weight excluding hydrogens is 366 g/mol. The lowest BCUT2D eigenvalue weighted by Gasteiger charge is -2.09. The minimum atomic E-state index is -0.348. The third kappa shape index (κ3) is 5.61. The molecule has 1 aromatic carbocycles. The van der Waals surface area contributed by atoms with Crippen molar-refractivity contribution in [3.8, 4) is 11.5 Å². The molecule has 8 nitrogen and oxygen atoms in total. The first kappa shape index (κ1) is 19.0. The van der Waals surface area contributed by atoms with Gasteiger partial charge in [0.15, 0.2) is 15.8 Å². The molecule has 25 heavy (non-hydrogen) atoms. The molecule has 1 N–H and O–H groups in total. The van der Waals surface area contributed by atoms with Crippen molar-refractivity contribution in [2.45, 2.75) is 10.8 Å². The zero-order chi connectivity index (χ0) is 18.2. The van der Waals surface area contributed by atoms with Crippen molar-refractivity contribution in [2.75, 3.05) is 32.4 Å². The highest BCUT2D eigenvalue weighted by molar-refractivity contribution is 8.01. The predicted octanol–water partition coefficient (Wildman–Crippen LogP) is 2.00. The summed E-state index contributed by atoms with van der Waals surface area (Å²) in [5, 5.41) is 10.8. The topological polar surface area (TPSA) is 99.6 Å². The monoisotopic (exact) mass is 383 g/mol. The molecule has 134 valence electrons. The predicted molar refractivity (Wildman–Crippen MR) is 94.5 cm³/mol. The van der Waals surface area contributed by atoms with Crippen molar-refractivity contribution >= 4 is 40.1 Å². The third-order valence-corrected chi connectivity index (χ3v) is 4.95. The molecule has 0 radical (unpaired) electrons. The Bertz CT molecular complexity index is 751. The lowest BCUT2D eigenvalue weighted by Crippen LogP contribution is -2.14. The summed E-state index contributed by atoms with van der Waals surface area (Å²) in [6, 6.07) is 5.28. The molecule has 0 saturated heterocycles. The average Bonchev–Trinajstić information content (AvgIpc) is 3.06. The molecule has 0 fully saturated rings. The van der Waals surface area contributed by atoms with Crippen LogP contribution in [-0.2, 0) is 20.7 Å². The molecule has 0 saturated carbocycles. The number of benzene rings is 1. The molecular formula is C15H17N3O5S2. The highest BCUT2D eigenvalue weighted by atomic mass is 32.2. The van der Waals surface area contributed by atoms with Crippen LogP contribution in [0.3, 0.4) is 0 Å². The van der Waals surface area contributed by atoms with Gasteiger partial charge in [-0.1, -0.05) is 29.2 Å². The highest BCUT2D eigenvalue weighted by Gasteiger charge is 2.12. The molecule has 1 amide bonds. The molecule has 0 unspecified atom stereocenters. The van der Waals surface area contributed by atoms with Crippen LogP contribution in [0.5, 0.6) is 11.5 Å². The number of amides is 1. The van der Waals surface area contributed by atoms with Crippen LogP contribution in [-0.4, -0.2) is 49.2 Å². The van der Waals surface area contributed by atoms with Crippen LogP contribution in [0.1, 0.15) is 5.56 Å². The lowest BCUT2D eigenvalue weighted by molar-refractivity contribution is -0.137. The molecule has 0 aliphatic carbocycles. The van der Waals surface area contributed by atoms with Gasteiger partial charge in [-0.05, 0) is 17.7 Å². The molecule has 10 heteroatoms. The maximum absolute atomic E-state index is 12.1. The molecule has 0 bridgehead atoms. The summed E-state index contributed by atoms with van der Waals surface area (Å²) < 4.78 is 15.5. The van der Waals surface area contributed by atoms with Gasteiger partial charge in [-0.3, -0.25) is 9.59 Å². The third-order valence-electron chi connectivity index (χ3n) is 3.01. The van der Waals surface area contributed by atoms with Crippen molar-refractivity contribution < 1.29 is 23.8 Å². The molecule has 2 rings (SSSR count). The fourth-order valence-electron chi connectivity index (χ4n) is 1.84. The van der Waals surface area contributed by atoms with Crippen LogP contribution in [0.2, 0.25) is 0 Å². The number of anilines is 1. The van der Waals surface area contributed by atoms with E-state index in [9.17, 15) is 9.59 Å². The van der Waals surface area contributed by atoms with Crippen molar-refractivity contribution in [3.63, 3.8) is 0 Å². The summed E-state index contributed by atoms with van der Waals surface area (Å²) in [5.74, 6) is 0.727. The normalized spacial score (nSPS) is 10.2. The van der Waals surface area contributed by atoms with E-state index in [1.807, 2.05) is 0 Å². The quantitative estimate of drug-likeness (QED) is 0.420. The minimum Gasteiger partial charge on any atom is -0.493 e. The van der Waals surface area contributed by atoms with Crippen LogP contribution >= 0.6 is 23.1 Å². The van der Waals surface area contributed by atoms with Gasteiger partial charge >= 0.3 is 5.97 Å². The number of aromatic nitrogens is 2. The largest absolute Gasteiger partial charge is 0.493 e. The average molecular weight is 383 g/mol. The molecule has 0 aliphatic heterocycles. The Kier molecular flexibility index (Phi) is 7.02. The zero-order valence-electron chi connectivity index (χ0n) is 13.9. The van der Waals surface area contributed by atoms with E-state index >= 15 is 0 Å². The minimum absolute atomic E-state index is 0.144. The second-order valence-electron chi connectivity index (χ2n) is 4.65. The van der Waals surface area contributed by atoms with E-state index in [1.54, 1.807) is 25.3 Å². The SMILES string of the molecule is COC(=O)CSc1nnc(NC(=O)Cc2ccc(OC)c(OC)c2)s1. The molecule has 0 spiro atoms. The Labute approximate surface area is 152 Å². The summed E-state index contributed by atoms with van der Waals surface area (Å²) in [6.45, 7) is 0. The van der Waals surface area contributed by atoms with E-state index < -0.39 is 0 Å². The lowest BCUT2D eigenvalue weighted by atomic mass is 10.1. The van der Waals surface area contributed by atoms with Gasteiger partial charge in [0.05, 0.1) is 33.5 Å². The van der Waals surface area contributed by atoms with Gasteiger partial charge in [0, 0.05) is 0 Å². The second-order valence-corrected chi connectivity index (χ2v) is 6.85. The zero-order valence-corrected chi connectivity index (χ0v) is 15.5. The number of thioether (sulfide) groups is 1. The van der Waals surface area contributed by atoms with Crippen molar-refractivity contribution in [3.05, 3.63) is 23.8 Å². The Balaban J connectivity index is 1.92. The fourth-order valence-corrected chi connectivity index (χ4v) is 3.44. The van der Waals surface area contributed by atoms with Crippen LogP contribution in [0, 0.1) is 0 Å². The number of hydrogen-bond donors (Lipinski definition) is 1.